The number of aromatic nitrogens is 3. The van der Waals surface area contributed by atoms with E-state index in [4.69, 9.17) is 10.6 Å². The molecule has 0 amide bonds. The molecule has 20 heavy (non-hydrogen) atoms. The van der Waals surface area contributed by atoms with E-state index in [0.717, 1.165) is 5.56 Å². The van der Waals surface area contributed by atoms with Crippen molar-refractivity contribution in [3.63, 3.8) is 0 Å². The lowest BCUT2D eigenvalue weighted by atomic mass is 10.2. The molecule has 2 aromatic rings. The summed E-state index contributed by atoms with van der Waals surface area (Å²) in [5.74, 6) is 5.57. The number of halogens is 1. The summed E-state index contributed by atoms with van der Waals surface area (Å²) in [4.78, 5) is 13.9. The number of hydrogen-bond donors (Lipinski definition) is 2. The van der Waals surface area contributed by atoms with Gasteiger partial charge in [-0.15, -0.1) is 0 Å². The molecule has 0 spiro atoms. The van der Waals surface area contributed by atoms with E-state index in [1.54, 1.807) is 18.0 Å². The van der Waals surface area contributed by atoms with Gasteiger partial charge in [-0.1, -0.05) is 12.1 Å². The Kier molecular flexibility index (Phi) is 4.26. The van der Waals surface area contributed by atoms with Gasteiger partial charge in [0.05, 0.1) is 7.11 Å². The second-order valence-corrected chi connectivity index (χ2v) is 4.08. The first-order chi connectivity index (χ1) is 9.62. The fraction of sp³-hybridized carbons (Fsp3) is 0.250. The third-order valence-corrected chi connectivity index (χ3v) is 2.56. The van der Waals surface area contributed by atoms with E-state index in [9.17, 15) is 4.39 Å². The van der Waals surface area contributed by atoms with E-state index in [1.807, 2.05) is 6.07 Å². The third kappa shape index (κ3) is 3.29. The number of nitrogen functional groups attached to an aromatic ring is 1. The van der Waals surface area contributed by atoms with Gasteiger partial charge in [-0.3, -0.25) is 5.43 Å². The number of hydrogen-bond acceptors (Lipinski definition) is 7. The van der Waals surface area contributed by atoms with Crippen LogP contribution in [0.1, 0.15) is 5.56 Å². The number of nitrogens with two attached hydrogens (primary N) is 1. The van der Waals surface area contributed by atoms with Gasteiger partial charge in [0.1, 0.15) is 5.82 Å². The molecule has 7 nitrogen and oxygen atoms in total. The van der Waals surface area contributed by atoms with Gasteiger partial charge in [0, 0.05) is 13.6 Å². The summed E-state index contributed by atoms with van der Waals surface area (Å²) in [6.45, 7) is 0.439. The van der Waals surface area contributed by atoms with Crippen LogP contribution in [0.3, 0.4) is 0 Å². The highest BCUT2D eigenvalue weighted by Crippen LogP contribution is 2.15. The lowest BCUT2D eigenvalue weighted by molar-refractivity contribution is 0.379. The molecule has 3 N–H and O–H groups in total. The van der Waals surface area contributed by atoms with E-state index in [0.29, 0.717) is 12.5 Å². The maximum Gasteiger partial charge on any atom is 0.322 e. The molecule has 0 bridgehead atoms. The van der Waals surface area contributed by atoms with Gasteiger partial charge in [0.2, 0.25) is 11.9 Å². The molecular formula is C12H15FN6O. The molecule has 0 fully saturated rings. The minimum absolute atomic E-state index is 0.147. The van der Waals surface area contributed by atoms with Crippen molar-refractivity contribution in [1.29, 1.82) is 0 Å². The van der Waals surface area contributed by atoms with Crippen LogP contribution in [0.15, 0.2) is 24.3 Å². The zero-order valence-electron chi connectivity index (χ0n) is 11.2. The third-order valence-electron chi connectivity index (χ3n) is 2.56. The van der Waals surface area contributed by atoms with Crippen LogP contribution in [-0.4, -0.2) is 29.1 Å². The van der Waals surface area contributed by atoms with Gasteiger partial charge in [-0.05, 0) is 17.7 Å². The summed E-state index contributed by atoms with van der Waals surface area (Å²) in [6.07, 6.45) is 0. The van der Waals surface area contributed by atoms with Crippen LogP contribution in [0.2, 0.25) is 0 Å². The molecule has 0 radical (unpaired) electrons. The molecule has 0 unspecified atom stereocenters. The molecule has 2 rings (SSSR count). The standard InChI is InChI=1S/C12H15FN6O/c1-19(7-8-4-3-5-9(13)6-8)11-15-10(18-14)16-12(17-11)20-2/h3-6H,7,14H2,1-2H3,(H,15,16,17,18). The molecule has 0 aliphatic heterocycles. The molecule has 8 heteroatoms. The van der Waals surface area contributed by atoms with Crippen molar-refractivity contribution in [2.24, 2.45) is 5.84 Å². The van der Waals surface area contributed by atoms with Crippen molar-refractivity contribution < 1.29 is 9.13 Å². The number of rotatable bonds is 5. The first-order valence-electron chi connectivity index (χ1n) is 5.84. The fourth-order valence-electron chi connectivity index (χ4n) is 1.65. The van der Waals surface area contributed by atoms with Crippen molar-refractivity contribution >= 4 is 11.9 Å². The maximum absolute atomic E-state index is 13.2. The first-order valence-corrected chi connectivity index (χ1v) is 5.84. The van der Waals surface area contributed by atoms with E-state index in [2.05, 4.69) is 20.4 Å². The second-order valence-electron chi connectivity index (χ2n) is 4.08. The Morgan fingerprint density at radius 2 is 2.15 bits per heavy atom. The van der Waals surface area contributed by atoms with E-state index in [-0.39, 0.29) is 17.8 Å². The summed E-state index contributed by atoms with van der Waals surface area (Å²) in [6, 6.07) is 6.47. The molecule has 1 aromatic carbocycles. The van der Waals surface area contributed by atoms with E-state index < -0.39 is 0 Å². The lowest BCUT2D eigenvalue weighted by Crippen LogP contribution is -2.21. The predicted molar refractivity (Wildman–Crippen MR) is 72.7 cm³/mol. The van der Waals surface area contributed by atoms with Gasteiger partial charge in [-0.2, -0.15) is 15.0 Å². The van der Waals surface area contributed by atoms with Crippen molar-refractivity contribution in [2.75, 3.05) is 24.5 Å². The van der Waals surface area contributed by atoms with Crippen LogP contribution in [0.4, 0.5) is 16.3 Å². The quantitative estimate of drug-likeness (QED) is 0.621. The van der Waals surface area contributed by atoms with Crippen molar-refractivity contribution in [3.8, 4) is 6.01 Å². The molecular weight excluding hydrogens is 263 g/mol. The molecule has 106 valence electrons. The van der Waals surface area contributed by atoms with Gasteiger partial charge in [0.25, 0.3) is 0 Å². The van der Waals surface area contributed by atoms with E-state index in [1.165, 1.54) is 19.2 Å². The Balaban J connectivity index is 2.22. The number of nitrogens with one attached hydrogen (secondary N) is 1. The first kappa shape index (κ1) is 13.9. The van der Waals surface area contributed by atoms with Crippen LogP contribution in [0.25, 0.3) is 0 Å². The van der Waals surface area contributed by atoms with Crippen LogP contribution in [0.5, 0.6) is 6.01 Å². The zero-order chi connectivity index (χ0) is 14.5. The smallest absolute Gasteiger partial charge is 0.322 e. The predicted octanol–water partition coefficient (Wildman–Crippen LogP) is 0.941. The average Bonchev–Trinajstić information content (AvgIpc) is 2.46. The SMILES string of the molecule is COc1nc(NN)nc(N(C)Cc2cccc(F)c2)n1. The van der Waals surface area contributed by atoms with Crippen LogP contribution >= 0.6 is 0 Å². The zero-order valence-corrected chi connectivity index (χ0v) is 11.2. The number of benzene rings is 1. The maximum atomic E-state index is 13.2. The van der Waals surface area contributed by atoms with Crippen LogP contribution < -0.4 is 20.9 Å². The average molecular weight is 278 g/mol. The van der Waals surface area contributed by atoms with Gasteiger partial charge < -0.3 is 9.64 Å². The molecule has 0 aliphatic rings. The Morgan fingerprint density at radius 3 is 2.80 bits per heavy atom. The number of ether oxygens (including phenoxy) is 1. The monoisotopic (exact) mass is 278 g/mol. The molecule has 0 atom stereocenters. The molecule has 1 heterocycles. The molecule has 1 aromatic heterocycles. The van der Waals surface area contributed by atoms with Gasteiger partial charge in [-0.25, -0.2) is 10.2 Å². The summed E-state index contributed by atoms with van der Waals surface area (Å²) in [5.41, 5.74) is 3.14. The van der Waals surface area contributed by atoms with Gasteiger partial charge in [0.15, 0.2) is 0 Å². The Labute approximate surface area is 115 Å². The highest BCUT2D eigenvalue weighted by Gasteiger charge is 2.11. The highest BCUT2D eigenvalue weighted by atomic mass is 19.1. The molecule has 0 aliphatic carbocycles. The van der Waals surface area contributed by atoms with Crippen molar-refractivity contribution in [2.45, 2.75) is 6.54 Å². The lowest BCUT2D eigenvalue weighted by Gasteiger charge is -2.17. The summed E-state index contributed by atoms with van der Waals surface area (Å²) in [5, 5.41) is 0. The summed E-state index contributed by atoms with van der Waals surface area (Å²) < 4.78 is 18.1. The minimum Gasteiger partial charge on any atom is -0.467 e. The largest absolute Gasteiger partial charge is 0.467 e. The Bertz CT molecular complexity index is 572. The summed E-state index contributed by atoms with van der Waals surface area (Å²) >= 11 is 0. The van der Waals surface area contributed by atoms with Crippen molar-refractivity contribution in [1.82, 2.24) is 15.0 Å². The Morgan fingerprint density at radius 1 is 1.35 bits per heavy atom. The summed E-state index contributed by atoms with van der Waals surface area (Å²) in [7, 11) is 3.23. The number of methoxy groups -OCH3 is 1. The number of hydrazine groups is 1. The number of nitrogens with zero attached hydrogens (tertiary/aromatic N) is 4. The fourth-order valence-corrected chi connectivity index (χ4v) is 1.65. The molecule has 0 saturated heterocycles. The highest BCUT2D eigenvalue weighted by molar-refractivity contribution is 5.38. The van der Waals surface area contributed by atoms with E-state index >= 15 is 0 Å². The Hall–Kier alpha value is -2.48. The topological polar surface area (TPSA) is 89.2 Å². The van der Waals surface area contributed by atoms with Crippen LogP contribution in [-0.2, 0) is 6.54 Å². The second kappa shape index (κ2) is 6.11. The normalized spacial score (nSPS) is 10.2. The van der Waals surface area contributed by atoms with Crippen LogP contribution in [0, 0.1) is 5.82 Å². The minimum atomic E-state index is -0.284. The molecule has 0 saturated carbocycles. The van der Waals surface area contributed by atoms with Crippen molar-refractivity contribution in [3.05, 3.63) is 35.6 Å². The van der Waals surface area contributed by atoms with Gasteiger partial charge >= 0.3 is 6.01 Å². The number of anilines is 2.